The molecule has 2 saturated heterocycles. The van der Waals surface area contributed by atoms with Crippen molar-refractivity contribution in [1.29, 1.82) is 0 Å². The molecule has 21 heavy (non-hydrogen) atoms. The SMILES string of the molecule is C[C@H]1COCCN1c1cccc2c1C[C@@H]1CC(=O)ON1C2. The van der Waals surface area contributed by atoms with Crippen molar-refractivity contribution < 1.29 is 14.4 Å². The summed E-state index contributed by atoms with van der Waals surface area (Å²) in [4.78, 5) is 19.2. The zero-order valence-corrected chi connectivity index (χ0v) is 12.2. The van der Waals surface area contributed by atoms with E-state index in [2.05, 4.69) is 30.0 Å². The fourth-order valence-corrected chi connectivity index (χ4v) is 3.63. The minimum absolute atomic E-state index is 0.103. The van der Waals surface area contributed by atoms with Gasteiger partial charge in [-0.1, -0.05) is 12.1 Å². The highest BCUT2D eigenvalue weighted by Gasteiger charge is 2.38. The summed E-state index contributed by atoms with van der Waals surface area (Å²) in [5, 5.41) is 1.84. The highest BCUT2D eigenvalue weighted by Crippen LogP contribution is 2.36. The van der Waals surface area contributed by atoms with Crippen molar-refractivity contribution in [3.05, 3.63) is 29.3 Å². The van der Waals surface area contributed by atoms with Crippen LogP contribution < -0.4 is 4.90 Å². The molecule has 0 spiro atoms. The van der Waals surface area contributed by atoms with Crippen LogP contribution >= 0.6 is 0 Å². The molecule has 0 amide bonds. The molecule has 3 aliphatic rings. The van der Waals surface area contributed by atoms with Gasteiger partial charge in [-0.25, -0.2) is 0 Å². The van der Waals surface area contributed by atoms with Gasteiger partial charge in [-0.05, 0) is 30.5 Å². The van der Waals surface area contributed by atoms with Crippen LogP contribution in [0.5, 0.6) is 0 Å². The van der Waals surface area contributed by atoms with Crippen LogP contribution in [0.4, 0.5) is 5.69 Å². The van der Waals surface area contributed by atoms with Crippen LogP contribution in [0.25, 0.3) is 0 Å². The minimum atomic E-state index is -0.103. The summed E-state index contributed by atoms with van der Waals surface area (Å²) in [6.07, 6.45) is 1.40. The van der Waals surface area contributed by atoms with Crippen LogP contribution in [-0.2, 0) is 27.3 Å². The monoisotopic (exact) mass is 288 g/mol. The topological polar surface area (TPSA) is 42.0 Å². The molecule has 0 radical (unpaired) electrons. The number of carbonyl (C=O) groups is 1. The molecule has 0 bridgehead atoms. The Morgan fingerprint density at radius 3 is 3.05 bits per heavy atom. The smallest absolute Gasteiger partial charge is 0.326 e. The molecule has 0 saturated carbocycles. The first kappa shape index (κ1) is 13.1. The van der Waals surface area contributed by atoms with E-state index < -0.39 is 0 Å². The van der Waals surface area contributed by atoms with Crippen LogP contribution in [0.3, 0.4) is 0 Å². The van der Waals surface area contributed by atoms with Crippen molar-refractivity contribution in [3.63, 3.8) is 0 Å². The number of morpholine rings is 1. The third-order valence-electron chi connectivity index (χ3n) is 4.72. The van der Waals surface area contributed by atoms with Crippen LogP contribution in [0.15, 0.2) is 18.2 Å². The Kier molecular flexibility index (Phi) is 3.12. The van der Waals surface area contributed by atoms with Gasteiger partial charge in [0.25, 0.3) is 0 Å². The molecule has 5 heteroatoms. The number of hydrogen-bond acceptors (Lipinski definition) is 5. The number of rotatable bonds is 1. The molecule has 2 atom stereocenters. The highest BCUT2D eigenvalue weighted by atomic mass is 16.7. The molecule has 0 unspecified atom stereocenters. The number of hydroxylamine groups is 2. The van der Waals surface area contributed by atoms with Gasteiger partial charge in [0.2, 0.25) is 0 Å². The van der Waals surface area contributed by atoms with E-state index in [1.165, 1.54) is 16.8 Å². The molecule has 112 valence electrons. The zero-order valence-electron chi connectivity index (χ0n) is 12.2. The molecular weight excluding hydrogens is 268 g/mol. The minimum Gasteiger partial charge on any atom is -0.377 e. The molecular formula is C16H20N2O3. The van der Waals surface area contributed by atoms with E-state index in [4.69, 9.17) is 9.57 Å². The summed E-state index contributed by atoms with van der Waals surface area (Å²) < 4.78 is 5.55. The van der Waals surface area contributed by atoms with E-state index in [0.717, 1.165) is 26.2 Å². The normalized spacial score (nSPS) is 29.0. The number of anilines is 1. The van der Waals surface area contributed by atoms with Gasteiger partial charge in [0.05, 0.1) is 32.2 Å². The Labute approximate surface area is 124 Å². The predicted octanol–water partition coefficient (Wildman–Crippen LogP) is 1.50. The molecule has 4 rings (SSSR count). The van der Waals surface area contributed by atoms with E-state index in [1.54, 1.807) is 0 Å². The first-order chi connectivity index (χ1) is 10.2. The van der Waals surface area contributed by atoms with Gasteiger partial charge in [-0.2, -0.15) is 0 Å². The maximum Gasteiger partial charge on any atom is 0.326 e. The van der Waals surface area contributed by atoms with Crippen molar-refractivity contribution in [1.82, 2.24) is 5.06 Å². The molecule has 3 heterocycles. The molecule has 1 aromatic carbocycles. The number of fused-ring (bicyclic) bond motifs is 2. The third kappa shape index (κ3) is 2.21. The lowest BCUT2D eigenvalue weighted by molar-refractivity contribution is -0.179. The van der Waals surface area contributed by atoms with E-state index in [0.29, 0.717) is 19.0 Å². The number of nitrogens with zero attached hydrogens (tertiary/aromatic N) is 2. The molecule has 2 fully saturated rings. The van der Waals surface area contributed by atoms with Gasteiger partial charge in [-0.3, -0.25) is 4.79 Å². The average molecular weight is 288 g/mol. The van der Waals surface area contributed by atoms with Crippen LogP contribution in [0.2, 0.25) is 0 Å². The van der Waals surface area contributed by atoms with Crippen molar-refractivity contribution in [3.8, 4) is 0 Å². The van der Waals surface area contributed by atoms with E-state index in [-0.39, 0.29) is 12.0 Å². The Hall–Kier alpha value is -1.59. The lowest BCUT2D eigenvalue weighted by atomic mass is 9.92. The van der Waals surface area contributed by atoms with Gasteiger partial charge >= 0.3 is 5.97 Å². The van der Waals surface area contributed by atoms with Gasteiger partial charge in [0, 0.05) is 18.3 Å². The van der Waals surface area contributed by atoms with E-state index >= 15 is 0 Å². The number of carbonyl (C=O) groups excluding carboxylic acids is 1. The van der Waals surface area contributed by atoms with Gasteiger partial charge in [0.1, 0.15) is 0 Å². The quantitative estimate of drug-likeness (QED) is 0.783. The van der Waals surface area contributed by atoms with Crippen molar-refractivity contribution >= 4 is 11.7 Å². The summed E-state index contributed by atoms with van der Waals surface area (Å²) in [6, 6.07) is 7.04. The highest BCUT2D eigenvalue weighted by molar-refractivity contribution is 5.72. The Morgan fingerprint density at radius 2 is 2.19 bits per heavy atom. The van der Waals surface area contributed by atoms with E-state index in [1.807, 2.05) is 5.06 Å². The van der Waals surface area contributed by atoms with Crippen LogP contribution in [0, 0.1) is 0 Å². The number of benzene rings is 1. The first-order valence-electron chi connectivity index (χ1n) is 7.65. The fourth-order valence-electron chi connectivity index (χ4n) is 3.63. The molecule has 0 N–H and O–H groups in total. The predicted molar refractivity (Wildman–Crippen MR) is 77.8 cm³/mol. The lowest BCUT2D eigenvalue weighted by Gasteiger charge is -2.39. The second-order valence-corrected chi connectivity index (χ2v) is 6.13. The summed E-state index contributed by atoms with van der Waals surface area (Å²) in [5.41, 5.74) is 3.96. The molecule has 0 aliphatic carbocycles. The maximum absolute atomic E-state index is 11.5. The largest absolute Gasteiger partial charge is 0.377 e. The standard InChI is InChI=1S/C16H20N2O3/c1-11-10-20-6-5-17(11)15-4-2-3-12-9-18-13(7-14(12)15)8-16(19)21-18/h2-4,11,13H,5-10H2,1H3/t11-,13+/m0/s1. The van der Waals surface area contributed by atoms with Gasteiger partial charge in [-0.15, -0.1) is 5.06 Å². The first-order valence-corrected chi connectivity index (χ1v) is 7.65. The summed E-state index contributed by atoms with van der Waals surface area (Å²) in [6.45, 7) is 5.40. The Morgan fingerprint density at radius 1 is 1.29 bits per heavy atom. The third-order valence-corrected chi connectivity index (χ3v) is 4.72. The molecule has 5 nitrogen and oxygen atoms in total. The van der Waals surface area contributed by atoms with E-state index in [9.17, 15) is 4.79 Å². The second-order valence-electron chi connectivity index (χ2n) is 6.13. The van der Waals surface area contributed by atoms with Crippen molar-refractivity contribution in [2.24, 2.45) is 0 Å². The van der Waals surface area contributed by atoms with Crippen LogP contribution in [-0.4, -0.2) is 42.9 Å². The number of ether oxygens (including phenoxy) is 1. The summed E-state index contributed by atoms with van der Waals surface area (Å²) in [5.74, 6) is -0.103. The fraction of sp³-hybridized carbons (Fsp3) is 0.562. The average Bonchev–Trinajstić information content (AvgIpc) is 2.84. The van der Waals surface area contributed by atoms with Crippen molar-refractivity contribution in [2.75, 3.05) is 24.7 Å². The summed E-state index contributed by atoms with van der Waals surface area (Å²) >= 11 is 0. The lowest BCUT2D eigenvalue weighted by Crippen LogP contribution is -2.45. The zero-order chi connectivity index (χ0) is 14.4. The van der Waals surface area contributed by atoms with Crippen molar-refractivity contribution in [2.45, 2.75) is 38.4 Å². The molecule has 3 aliphatic heterocycles. The van der Waals surface area contributed by atoms with Gasteiger partial charge in [0.15, 0.2) is 0 Å². The Balaban J connectivity index is 1.68. The molecule has 1 aromatic rings. The maximum atomic E-state index is 11.5. The molecule has 0 aromatic heterocycles. The second kappa shape index (κ2) is 5.00. The number of hydrogen-bond donors (Lipinski definition) is 0. The summed E-state index contributed by atoms with van der Waals surface area (Å²) in [7, 11) is 0. The van der Waals surface area contributed by atoms with Crippen LogP contribution in [0.1, 0.15) is 24.5 Å². The van der Waals surface area contributed by atoms with Gasteiger partial charge < -0.3 is 14.5 Å². The Bertz CT molecular complexity index is 575.